The first-order valence-electron chi connectivity index (χ1n) is 9.94. The standard InChI is InChI=1S/C23H32F2/c1-3-5-7-9-11-20-16-17-21(23(25)22(20)24)19-14-12-18(13-15-19)10-8-6-4-2/h4,14,16-18H,2-3,5-13,15H2,1H3. The second-order valence-corrected chi connectivity index (χ2v) is 7.30. The molecule has 0 aliphatic heterocycles. The highest BCUT2D eigenvalue weighted by atomic mass is 19.2. The van der Waals surface area contributed by atoms with Crippen LogP contribution in [0.1, 0.15) is 82.3 Å². The van der Waals surface area contributed by atoms with Crippen LogP contribution in [0.2, 0.25) is 0 Å². The largest absolute Gasteiger partial charge is 0.203 e. The molecule has 0 N–H and O–H groups in total. The third-order valence-corrected chi connectivity index (χ3v) is 5.35. The van der Waals surface area contributed by atoms with Gasteiger partial charge in [-0.2, -0.15) is 0 Å². The Labute approximate surface area is 152 Å². The van der Waals surface area contributed by atoms with Crippen molar-refractivity contribution in [3.63, 3.8) is 0 Å². The summed E-state index contributed by atoms with van der Waals surface area (Å²) in [7, 11) is 0. The topological polar surface area (TPSA) is 0 Å². The molecule has 0 heterocycles. The van der Waals surface area contributed by atoms with Crippen LogP contribution in [0.5, 0.6) is 0 Å². The molecule has 0 saturated carbocycles. The van der Waals surface area contributed by atoms with Gasteiger partial charge in [-0.3, -0.25) is 0 Å². The SMILES string of the molecule is C=CCCCC1CC=C(c2ccc(CCCCCC)c(F)c2F)CC1. The Morgan fingerprint density at radius 2 is 1.96 bits per heavy atom. The van der Waals surface area contributed by atoms with Crippen LogP contribution >= 0.6 is 0 Å². The summed E-state index contributed by atoms with van der Waals surface area (Å²) in [6.07, 6.45) is 15.4. The van der Waals surface area contributed by atoms with E-state index in [2.05, 4.69) is 19.6 Å². The zero-order valence-corrected chi connectivity index (χ0v) is 15.6. The lowest BCUT2D eigenvalue weighted by atomic mass is 9.83. The maximum atomic E-state index is 14.5. The lowest BCUT2D eigenvalue weighted by molar-refractivity contribution is 0.436. The van der Waals surface area contributed by atoms with Gasteiger partial charge in [-0.25, -0.2) is 8.78 Å². The van der Waals surface area contributed by atoms with E-state index in [0.29, 0.717) is 23.5 Å². The van der Waals surface area contributed by atoms with Crippen LogP contribution in [0.25, 0.3) is 5.57 Å². The molecule has 138 valence electrons. The molecule has 1 aliphatic carbocycles. The minimum atomic E-state index is -0.649. The maximum Gasteiger partial charge on any atom is 0.166 e. The van der Waals surface area contributed by atoms with Gasteiger partial charge in [0, 0.05) is 5.56 Å². The summed E-state index contributed by atoms with van der Waals surface area (Å²) in [6.45, 7) is 5.91. The summed E-state index contributed by atoms with van der Waals surface area (Å²) in [5, 5.41) is 0. The molecule has 0 saturated heterocycles. The predicted molar refractivity (Wildman–Crippen MR) is 104 cm³/mol. The fraction of sp³-hybridized carbons (Fsp3) is 0.565. The van der Waals surface area contributed by atoms with Gasteiger partial charge in [0.25, 0.3) is 0 Å². The lowest BCUT2D eigenvalue weighted by Gasteiger charge is -2.22. The molecule has 0 radical (unpaired) electrons. The van der Waals surface area contributed by atoms with Gasteiger partial charge in [0.05, 0.1) is 0 Å². The number of allylic oxidation sites excluding steroid dienone is 3. The fourth-order valence-electron chi connectivity index (χ4n) is 3.72. The van der Waals surface area contributed by atoms with Crippen LogP contribution < -0.4 is 0 Å². The average Bonchev–Trinajstić information content (AvgIpc) is 2.63. The van der Waals surface area contributed by atoms with Crippen molar-refractivity contribution in [2.24, 2.45) is 5.92 Å². The molecule has 1 aromatic carbocycles. The molecule has 0 bridgehead atoms. The van der Waals surface area contributed by atoms with E-state index in [0.717, 1.165) is 56.9 Å². The Morgan fingerprint density at radius 1 is 1.12 bits per heavy atom. The smallest absolute Gasteiger partial charge is 0.166 e. The summed E-state index contributed by atoms with van der Waals surface area (Å²) in [4.78, 5) is 0. The third kappa shape index (κ3) is 5.80. The van der Waals surface area contributed by atoms with Crippen LogP contribution in [0.3, 0.4) is 0 Å². The molecule has 1 aromatic rings. The van der Waals surface area contributed by atoms with Gasteiger partial charge in [-0.05, 0) is 68.4 Å². The quantitative estimate of drug-likeness (QED) is 0.302. The Kier molecular flexibility index (Phi) is 8.37. The van der Waals surface area contributed by atoms with Gasteiger partial charge in [-0.15, -0.1) is 6.58 Å². The molecule has 1 atom stereocenters. The molecular weight excluding hydrogens is 314 g/mol. The first-order chi connectivity index (χ1) is 12.2. The molecule has 0 fully saturated rings. The average molecular weight is 347 g/mol. The van der Waals surface area contributed by atoms with Crippen molar-refractivity contribution in [1.29, 1.82) is 0 Å². The zero-order chi connectivity index (χ0) is 18.1. The molecule has 2 rings (SSSR count). The van der Waals surface area contributed by atoms with Crippen molar-refractivity contribution in [3.05, 3.63) is 53.6 Å². The number of unbranched alkanes of at least 4 members (excludes halogenated alkanes) is 4. The number of rotatable bonds is 10. The number of hydrogen-bond acceptors (Lipinski definition) is 0. The van der Waals surface area contributed by atoms with Crippen molar-refractivity contribution < 1.29 is 8.78 Å². The number of benzene rings is 1. The minimum Gasteiger partial charge on any atom is -0.203 e. The summed E-state index contributed by atoms with van der Waals surface area (Å²) in [5.41, 5.74) is 1.98. The van der Waals surface area contributed by atoms with Crippen LogP contribution in [0.4, 0.5) is 8.78 Å². The van der Waals surface area contributed by atoms with Crippen LogP contribution in [-0.4, -0.2) is 0 Å². The highest BCUT2D eigenvalue weighted by molar-refractivity contribution is 5.67. The molecule has 2 heteroatoms. The molecule has 0 aromatic heterocycles. The third-order valence-electron chi connectivity index (χ3n) is 5.35. The zero-order valence-electron chi connectivity index (χ0n) is 15.6. The van der Waals surface area contributed by atoms with E-state index in [9.17, 15) is 8.78 Å². The maximum absolute atomic E-state index is 14.5. The van der Waals surface area contributed by atoms with E-state index in [1.807, 2.05) is 6.08 Å². The lowest BCUT2D eigenvalue weighted by Crippen LogP contribution is -2.07. The van der Waals surface area contributed by atoms with Gasteiger partial charge in [0.1, 0.15) is 0 Å². The summed E-state index contributed by atoms with van der Waals surface area (Å²) >= 11 is 0. The van der Waals surface area contributed by atoms with Gasteiger partial charge >= 0.3 is 0 Å². The van der Waals surface area contributed by atoms with Crippen molar-refractivity contribution in [2.45, 2.75) is 77.6 Å². The van der Waals surface area contributed by atoms with Crippen molar-refractivity contribution in [1.82, 2.24) is 0 Å². The first-order valence-corrected chi connectivity index (χ1v) is 9.94. The van der Waals surface area contributed by atoms with Crippen LogP contribution in [0.15, 0.2) is 30.9 Å². The second kappa shape index (κ2) is 10.5. The van der Waals surface area contributed by atoms with Crippen LogP contribution in [-0.2, 0) is 6.42 Å². The van der Waals surface area contributed by atoms with E-state index in [-0.39, 0.29) is 0 Å². The monoisotopic (exact) mass is 346 g/mol. The molecule has 0 nitrogen and oxygen atoms in total. The van der Waals surface area contributed by atoms with Gasteiger partial charge in [-0.1, -0.05) is 50.5 Å². The molecule has 1 unspecified atom stereocenters. The minimum absolute atomic E-state index is 0.472. The molecule has 1 aliphatic rings. The van der Waals surface area contributed by atoms with Crippen molar-refractivity contribution in [3.8, 4) is 0 Å². The predicted octanol–water partition coefficient (Wildman–Crippen LogP) is 7.63. The Morgan fingerprint density at radius 3 is 2.64 bits per heavy atom. The van der Waals surface area contributed by atoms with Crippen molar-refractivity contribution in [2.75, 3.05) is 0 Å². The fourth-order valence-corrected chi connectivity index (χ4v) is 3.72. The number of halogens is 2. The van der Waals surface area contributed by atoms with E-state index in [4.69, 9.17) is 0 Å². The molecule has 0 amide bonds. The number of hydrogen-bond donors (Lipinski definition) is 0. The van der Waals surface area contributed by atoms with Crippen molar-refractivity contribution >= 4 is 5.57 Å². The Hall–Kier alpha value is -1.44. The number of aryl methyl sites for hydroxylation is 1. The van der Waals surface area contributed by atoms with Crippen LogP contribution in [0, 0.1) is 17.6 Å². The van der Waals surface area contributed by atoms with Gasteiger partial charge in [0.2, 0.25) is 0 Å². The van der Waals surface area contributed by atoms with E-state index in [1.165, 1.54) is 12.8 Å². The highest BCUT2D eigenvalue weighted by Gasteiger charge is 2.20. The Balaban J connectivity index is 1.98. The second-order valence-electron chi connectivity index (χ2n) is 7.30. The normalized spacial score (nSPS) is 17.4. The molecule has 0 spiro atoms. The van der Waals surface area contributed by atoms with E-state index in [1.54, 1.807) is 12.1 Å². The molecular formula is C23H32F2. The Bertz CT molecular complexity index is 586. The van der Waals surface area contributed by atoms with Gasteiger partial charge in [0.15, 0.2) is 11.6 Å². The first kappa shape index (κ1) is 19.9. The van der Waals surface area contributed by atoms with Gasteiger partial charge < -0.3 is 0 Å². The van der Waals surface area contributed by atoms with E-state index >= 15 is 0 Å². The van der Waals surface area contributed by atoms with E-state index < -0.39 is 11.6 Å². The highest BCUT2D eigenvalue weighted by Crippen LogP contribution is 2.34. The summed E-state index contributed by atoms with van der Waals surface area (Å²) in [5.74, 6) is -0.609. The molecule has 25 heavy (non-hydrogen) atoms. The summed E-state index contributed by atoms with van der Waals surface area (Å²) in [6, 6.07) is 3.58. The summed E-state index contributed by atoms with van der Waals surface area (Å²) < 4.78 is 28.9.